The van der Waals surface area contributed by atoms with Gasteiger partial charge in [-0.25, -0.2) is 9.48 Å². The van der Waals surface area contributed by atoms with E-state index in [1.807, 2.05) is 52.8 Å². The normalized spacial score (nSPS) is 21.5. The van der Waals surface area contributed by atoms with Crippen LogP contribution in [0.1, 0.15) is 58.6 Å². The lowest BCUT2D eigenvalue weighted by atomic mass is 9.92. The second kappa shape index (κ2) is 9.28. The molecule has 1 aromatic carbocycles. The molecule has 3 rings (SSSR count). The number of hydrogen-bond donors (Lipinski definition) is 4. The highest BCUT2D eigenvalue weighted by atomic mass is 35.5. The molecule has 2 heterocycles. The molecule has 9 heteroatoms. The smallest absolute Gasteiger partial charge is 0.320 e. The third-order valence-corrected chi connectivity index (χ3v) is 5.69. The van der Waals surface area contributed by atoms with Crippen LogP contribution in [-0.4, -0.2) is 27.8 Å². The number of carbonyl (C=O) groups is 2. The number of benzene rings is 1. The molecule has 1 aromatic heterocycles. The Morgan fingerprint density at radius 1 is 1.26 bits per heavy atom. The van der Waals surface area contributed by atoms with E-state index < -0.39 is 6.29 Å². The van der Waals surface area contributed by atoms with Crippen LogP contribution in [0.4, 0.5) is 10.6 Å². The predicted octanol–water partition coefficient (Wildman–Crippen LogP) is 3.75. The van der Waals surface area contributed by atoms with Crippen LogP contribution in [0.2, 0.25) is 5.02 Å². The Morgan fingerprint density at radius 3 is 2.52 bits per heavy atom. The predicted molar refractivity (Wildman–Crippen MR) is 122 cm³/mol. The van der Waals surface area contributed by atoms with Crippen LogP contribution in [0, 0.1) is 5.92 Å². The lowest BCUT2D eigenvalue weighted by Crippen LogP contribution is -2.57. The standard InChI is InChI=1S/C22H31ClN6O2/c1-6-16-13(2)25-20(27-19(16)30)29-18(11-17(28-29)22(3,4)5)26-21(31)24-12-14-7-9-15(23)10-8-14/h7-11,13,16,20,25H,6,12H2,1-5H3,(H,27,30)(H2,24,26,31). The fourth-order valence-electron chi connectivity index (χ4n) is 3.54. The molecule has 168 valence electrons. The molecule has 2 aromatic rings. The first-order chi connectivity index (χ1) is 14.6. The van der Waals surface area contributed by atoms with Gasteiger partial charge >= 0.3 is 6.03 Å². The molecule has 1 fully saturated rings. The summed E-state index contributed by atoms with van der Waals surface area (Å²) in [4.78, 5) is 25.1. The number of nitrogens with zero attached hydrogens (tertiary/aromatic N) is 2. The average Bonchev–Trinajstić information content (AvgIpc) is 3.11. The molecule has 1 aliphatic rings. The highest BCUT2D eigenvalue weighted by Gasteiger charge is 2.35. The van der Waals surface area contributed by atoms with Crippen molar-refractivity contribution in [2.75, 3.05) is 5.32 Å². The zero-order chi connectivity index (χ0) is 22.8. The molecular formula is C22H31ClN6O2. The van der Waals surface area contributed by atoms with Crippen molar-refractivity contribution in [3.05, 3.63) is 46.6 Å². The number of amides is 3. The fraction of sp³-hybridized carbons (Fsp3) is 0.500. The highest BCUT2D eigenvalue weighted by molar-refractivity contribution is 6.30. The number of carbonyl (C=O) groups excluding carboxylic acids is 2. The van der Waals surface area contributed by atoms with Crippen LogP contribution in [-0.2, 0) is 16.8 Å². The van der Waals surface area contributed by atoms with E-state index in [4.69, 9.17) is 11.6 Å². The van der Waals surface area contributed by atoms with Crippen molar-refractivity contribution in [2.24, 2.45) is 5.92 Å². The summed E-state index contributed by atoms with van der Waals surface area (Å²) >= 11 is 5.91. The number of halogens is 1. The van der Waals surface area contributed by atoms with Crippen LogP contribution in [0.3, 0.4) is 0 Å². The van der Waals surface area contributed by atoms with E-state index in [1.54, 1.807) is 16.8 Å². The average molecular weight is 447 g/mol. The van der Waals surface area contributed by atoms with Gasteiger partial charge in [-0.1, -0.05) is 51.4 Å². The Balaban J connectivity index is 1.77. The summed E-state index contributed by atoms with van der Waals surface area (Å²) in [7, 11) is 0. The summed E-state index contributed by atoms with van der Waals surface area (Å²) in [6.07, 6.45) is 0.199. The minimum atomic E-state index is -0.548. The van der Waals surface area contributed by atoms with E-state index in [1.165, 1.54) is 0 Å². The fourth-order valence-corrected chi connectivity index (χ4v) is 3.67. The van der Waals surface area contributed by atoms with Crippen molar-refractivity contribution in [3.8, 4) is 0 Å². The number of hydrogen-bond acceptors (Lipinski definition) is 4. The first-order valence-corrected chi connectivity index (χ1v) is 10.9. The van der Waals surface area contributed by atoms with Gasteiger partial charge in [0.25, 0.3) is 0 Å². The number of rotatable bonds is 5. The van der Waals surface area contributed by atoms with Gasteiger partial charge in [0.2, 0.25) is 5.91 Å². The molecule has 31 heavy (non-hydrogen) atoms. The van der Waals surface area contributed by atoms with Gasteiger partial charge in [-0.05, 0) is 31.0 Å². The van der Waals surface area contributed by atoms with Gasteiger partial charge in [0.1, 0.15) is 5.82 Å². The first kappa shape index (κ1) is 23.1. The molecule has 4 N–H and O–H groups in total. The summed E-state index contributed by atoms with van der Waals surface area (Å²) in [6.45, 7) is 10.5. The molecule has 1 aliphatic heterocycles. The molecule has 1 saturated heterocycles. The van der Waals surface area contributed by atoms with Gasteiger partial charge in [0, 0.05) is 29.1 Å². The van der Waals surface area contributed by atoms with Gasteiger partial charge < -0.3 is 10.6 Å². The lowest BCUT2D eigenvalue weighted by molar-refractivity contribution is -0.130. The Morgan fingerprint density at radius 2 is 1.94 bits per heavy atom. The van der Waals surface area contributed by atoms with Crippen LogP contribution in [0.15, 0.2) is 30.3 Å². The van der Waals surface area contributed by atoms with Crippen molar-refractivity contribution in [1.82, 2.24) is 25.7 Å². The molecule has 3 atom stereocenters. The molecule has 0 spiro atoms. The van der Waals surface area contributed by atoms with E-state index in [9.17, 15) is 9.59 Å². The quantitative estimate of drug-likeness (QED) is 0.562. The third-order valence-electron chi connectivity index (χ3n) is 5.44. The maximum atomic E-state index is 12.6. The monoisotopic (exact) mass is 446 g/mol. The molecule has 3 amide bonds. The number of anilines is 1. The van der Waals surface area contributed by atoms with Crippen LogP contribution >= 0.6 is 11.6 Å². The van der Waals surface area contributed by atoms with Crippen molar-refractivity contribution >= 4 is 29.4 Å². The summed E-state index contributed by atoms with van der Waals surface area (Å²) in [6, 6.07) is 8.74. The van der Waals surface area contributed by atoms with Gasteiger partial charge in [-0.2, -0.15) is 5.10 Å². The molecule has 8 nitrogen and oxygen atoms in total. The van der Waals surface area contributed by atoms with E-state index in [2.05, 4.69) is 26.4 Å². The summed E-state index contributed by atoms with van der Waals surface area (Å²) in [5.41, 5.74) is 1.52. The number of aromatic nitrogens is 2. The zero-order valence-electron chi connectivity index (χ0n) is 18.6. The number of nitrogens with one attached hydrogen (secondary N) is 4. The minimum Gasteiger partial charge on any atom is -0.334 e. The Kier molecular flexibility index (Phi) is 6.91. The molecule has 0 radical (unpaired) electrons. The number of urea groups is 1. The summed E-state index contributed by atoms with van der Waals surface area (Å²) in [5, 5.41) is 17.4. The largest absolute Gasteiger partial charge is 0.334 e. The van der Waals surface area contributed by atoms with E-state index in [0.29, 0.717) is 17.4 Å². The van der Waals surface area contributed by atoms with Crippen LogP contribution < -0.4 is 21.3 Å². The van der Waals surface area contributed by atoms with Crippen LogP contribution in [0.25, 0.3) is 0 Å². The van der Waals surface area contributed by atoms with Gasteiger partial charge in [-0.15, -0.1) is 0 Å². The molecule has 0 bridgehead atoms. The van der Waals surface area contributed by atoms with Gasteiger partial charge in [0.15, 0.2) is 6.29 Å². The SMILES string of the molecule is CCC1C(=O)NC(n2nc(C(C)(C)C)cc2NC(=O)NCc2ccc(Cl)cc2)NC1C. The molecular weight excluding hydrogens is 416 g/mol. The second-order valence-corrected chi connectivity index (χ2v) is 9.36. The molecule has 0 saturated carbocycles. The first-order valence-electron chi connectivity index (χ1n) is 10.5. The zero-order valence-corrected chi connectivity index (χ0v) is 19.4. The minimum absolute atomic E-state index is 0.0161. The topological polar surface area (TPSA) is 100 Å². The Bertz CT molecular complexity index is 934. The lowest BCUT2D eigenvalue weighted by Gasteiger charge is -2.35. The third kappa shape index (κ3) is 5.57. The molecule has 3 unspecified atom stereocenters. The Hall–Kier alpha value is -2.58. The second-order valence-electron chi connectivity index (χ2n) is 8.92. The van der Waals surface area contributed by atoms with Crippen molar-refractivity contribution in [2.45, 2.75) is 65.3 Å². The van der Waals surface area contributed by atoms with Crippen molar-refractivity contribution in [3.63, 3.8) is 0 Å². The van der Waals surface area contributed by atoms with Crippen molar-refractivity contribution < 1.29 is 9.59 Å². The van der Waals surface area contributed by atoms with E-state index in [0.717, 1.165) is 17.7 Å². The van der Waals surface area contributed by atoms with Crippen molar-refractivity contribution in [1.29, 1.82) is 0 Å². The maximum absolute atomic E-state index is 12.6. The van der Waals surface area contributed by atoms with Gasteiger partial charge in [-0.3, -0.25) is 15.4 Å². The van der Waals surface area contributed by atoms with E-state index in [-0.39, 0.29) is 29.3 Å². The van der Waals surface area contributed by atoms with Crippen LogP contribution in [0.5, 0.6) is 0 Å². The van der Waals surface area contributed by atoms with Gasteiger partial charge in [0.05, 0.1) is 11.6 Å². The molecule has 0 aliphatic carbocycles. The Labute approximate surface area is 188 Å². The summed E-state index contributed by atoms with van der Waals surface area (Å²) < 4.78 is 1.63. The van der Waals surface area contributed by atoms with E-state index >= 15 is 0 Å². The summed E-state index contributed by atoms with van der Waals surface area (Å²) in [5.74, 6) is 0.371. The highest BCUT2D eigenvalue weighted by Crippen LogP contribution is 2.27. The maximum Gasteiger partial charge on any atom is 0.320 e.